The second kappa shape index (κ2) is 7.12. The molecule has 4 heterocycles. The van der Waals surface area contributed by atoms with Gasteiger partial charge in [0.15, 0.2) is 5.65 Å². The number of nitrogens with zero attached hydrogens (tertiary/aromatic N) is 5. The van der Waals surface area contributed by atoms with Crippen molar-refractivity contribution in [2.45, 2.75) is 59.9 Å². The molecule has 0 atom stereocenters. The second-order valence-corrected chi connectivity index (χ2v) is 9.89. The first kappa shape index (κ1) is 20.4. The maximum absolute atomic E-state index is 13.0. The van der Waals surface area contributed by atoms with Gasteiger partial charge in [-0.05, 0) is 39.3 Å². The number of carbonyl (C=O) groups is 1. The van der Waals surface area contributed by atoms with Crippen molar-refractivity contribution >= 4 is 44.2 Å². The predicted molar refractivity (Wildman–Crippen MR) is 121 cm³/mol. The van der Waals surface area contributed by atoms with Gasteiger partial charge in [0, 0.05) is 22.2 Å². The van der Waals surface area contributed by atoms with E-state index < -0.39 is 0 Å². The van der Waals surface area contributed by atoms with Crippen LogP contribution in [0.1, 0.15) is 67.4 Å². The van der Waals surface area contributed by atoms with Gasteiger partial charge in [0.25, 0.3) is 5.91 Å². The normalized spacial score (nSPS) is 12.3. The summed E-state index contributed by atoms with van der Waals surface area (Å²) in [5, 5.41) is 9.22. The van der Waals surface area contributed by atoms with Gasteiger partial charge in [-0.3, -0.25) is 4.79 Å². The Morgan fingerprint density at radius 2 is 1.90 bits per heavy atom. The van der Waals surface area contributed by atoms with E-state index in [2.05, 4.69) is 55.0 Å². The quantitative estimate of drug-likeness (QED) is 0.491. The van der Waals surface area contributed by atoms with E-state index in [4.69, 9.17) is 4.98 Å². The largest absolute Gasteiger partial charge is 0.320 e. The van der Waals surface area contributed by atoms with Crippen LogP contribution in [0.3, 0.4) is 0 Å². The Morgan fingerprint density at radius 3 is 2.57 bits per heavy atom. The van der Waals surface area contributed by atoms with Gasteiger partial charge in [0.2, 0.25) is 0 Å². The number of carbonyl (C=O) groups excluding carboxylic acids is 1. The Balaban J connectivity index is 1.69. The SMILES string of the molecule is Cc1nc(C(C)(C)C)nc2sc(C(=O)Nc3cnc4c(cnn4C(C)C)c3)c(C)c12. The molecule has 0 spiro atoms. The molecule has 7 nitrogen and oxygen atoms in total. The predicted octanol–water partition coefficient (Wildman–Crippen LogP) is 5.18. The van der Waals surface area contributed by atoms with Crippen LogP contribution in [0.5, 0.6) is 0 Å². The van der Waals surface area contributed by atoms with Gasteiger partial charge in [-0.15, -0.1) is 11.3 Å². The standard InChI is InChI=1S/C22H26N6OS/c1-11(2)28-18-14(9-24-28)8-15(10-23-18)26-19(29)17-12(3)16-13(4)25-21(22(5,6)7)27-20(16)30-17/h8-11H,1-7H3,(H,26,29). The lowest BCUT2D eigenvalue weighted by Gasteiger charge is -2.16. The third kappa shape index (κ3) is 3.45. The molecule has 0 saturated carbocycles. The van der Waals surface area contributed by atoms with E-state index in [-0.39, 0.29) is 17.4 Å². The molecule has 156 valence electrons. The van der Waals surface area contributed by atoms with E-state index in [1.165, 1.54) is 11.3 Å². The Labute approximate surface area is 179 Å². The summed E-state index contributed by atoms with van der Waals surface area (Å²) >= 11 is 1.41. The number of rotatable bonds is 3. The first-order valence-electron chi connectivity index (χ1n) is 9.99. The lowest BCUT2D eigenvalue weighted by Crippen LogP contribution is -2.16. The summed E-state index contributed by atoms with van der Waals surface area (Å²) < 4.78 is 1.87. The van der Waals surface area contributed by atoms with E-state index in [0.29, 0.717) is 10.6 Å². The van der Waals surface area contributed by atoms with Gasteiger partial charge < -0.3 is 5.32 Å². The average Bonchev–Trinajstić information content (AvgIpc) is 3.22. The summed E-state index contributed by atoms with van der Waals surface area (Å²) in [6.45, 7) is 14.3. The molecule has 1 amide bonds. The number of fused-ring (bicyclic) bond motifs is 2. The number of nitrogens with one attached hydrogen (secondary N) is 1. The molecule has 4 aromatic rings. The van der Waals surface area contributed by atoms with Crippen molar-refractivity contribution in [3.63, 3.8) is 0 Å². The molecule has 0 aromatic carbocycles. The summed E-state index contributed by atoms with van der Waals surface area (Å²) in [7, 11) is 0. The number of amides is 1. The van der Waals surface area contributed by atoms with Crippen molar-refractivity contribution in [3.05, 3.63) is 40.4 Å². The molecule has 0 bridgehead atoms. The number of pyridine rings is 1. The maximum Gasteiger partial charge on any atom is 0.266 e. The van der Waals surface area contributed by atoms with Crippen molar-refractivity contribution in [1.29, 1.82) is 0 Å². The summed E-state index contributed by atoms with van der Waals surface area (Å²) in [4.78, 5) is 28.5. The molecule has 0 radical (unpaired) electrons. The molecule has 0 unspecified atom stereocenters. The summed E-state index contributed by atoms with van der Waals surface area (Å²) in [5.41, 5.74) is 3.11. The molecule has 0 aliphatic heterocycles. The summed E-state index contributed by atoms with van der Waals surface area (Å²) in [5.74, 6) is 0.627. The highest BCUT2D eigenvalue weighted by Gasteiger charge is 2.23. The maximum atomic E-state index is 13.0. The minimum Gasteiger partial charge on any atom is -0.320 e. The van der Waals surface area contributed by atoms with E-state index in [1.807, 2.05) is 24.6 Å². The Hall–Kier alpha value is -2.87. The highest BCUT2D eigenvalue weighted by atomic mass is 32.1. The van der Waals surface area contributed by atoms with Crippen LogP contribution < -0.4 is 5.32 Å². The first-order chi connectivity index (χ1) is 14.1. The summed E-state index contributed by atoms with van der Waals surface area (Å²) in [6.07, 6.45) is 3.45. The fourth-order valence-electron chi connectivity index (χ4n) is 3.47. The van der Waals surface area contributed by atoms with Crippen LogP contribution in [0.4, 0.5) is 5.69 Å². The summed E-state index contributed by atoms with van der Waals surface area (Å²) in [6, 6.07) is 2.12. The number of anilines is 1. The van der Waals surface area contributed by atoms with Crippen molar-refractivity contribution in [3.8, 4) is 0 Å². The highest BCUT2D eigenvalue weighted by Crippen LogP contribution is 2.33. The van der Waals surface area contributed by atoms with Gasteiger partial charge in [0.1, 0.15) is 10.7 Å². The van der Waals surface area contributed by atoms with Crippen LogP contribution in [0.15, 0.2) is 18.5 Å². The zero-order valence-corrected chi connectivity index (χ0v) is 19.2. The Morgan fingerprint density at radius 1 is 1.17 bits per heavy atom. The van der Waals surface area contributed by atoms with E-state index in [9.17, 15) is 4.79 Å². The molecule has 4 aromatic heterocycles. The minimum absolute atomic E-state index is 0.152. The third-order valence-corrected chi connectivity index (χ3v) is 6.21. The minimum atomic E-state index is -0.162. The van der Waals surface area contributed by atoms with Gasteiger partial charge in [-0.1, -0.05) is 20.8 Å². The molecular formula is C22H26N6OS. The lowest BCUT2D eigenvalue weighted by molar-refractivity contribution is 0.103. The van der Waals surface area contributed by atoms with Crippen molar-refractivity contribution in [2.75, 3.05) is 5.32 Å². The fraction of sp³-hybridized carbons (Fsp3) is 0.409. The van der Waals surface area contributed by atoms with Crippen LogP contribution >= 0.6 is 11.3 Å². The molecular weight excluding hydrogens is 396 g/mol. The molecule has 8 heteroatoms. The monoisotopic (exact) mass is 422 g/mol. The molecule has 1 N–H and O–H groups in total. The number of hydrogen-bond acceptors (Lipinski definition) is 6. The highest BCUT2D eigenvalue weighted by molar-refractivity contribution is 7.20. The number of aromatic nitrogens is 5. The van der Waals surface area contributed by atoms with Gasteiger partial charge in [-0.2, -0.15) is 5.10 Å². The molecule has 0 saturated heterocycles. The van der Waals surface area contributed by atoms with Gasteiger partial charge in [-0.25, -0.2) is 19.6 Å². The molecule has 4 rings (SSSR count). The van der Waals surface area contributed by atoms with Crippen LogP contribution in [-0.4, -0.2) is 30.6 Å². The fourth-order valence-corrected chi connectivity index (χ4v) is 4.59. The van der Waals surface area contributed by atoms with Gasteiger partial charge >= 0.3 is 0 Å². The van der Waals surface area contributed by atoms with Crippen LogP contribution in [-0.2, 0) is 5.41 Å². The van der Waals surface area contributed by atoms with Crippen LogP contribution in [0, 0.1) is 13.8 Å². The molecule has 30 heavy (non-hydrogen) atoms. The van der Waals surface area contributed by atoms with E-state index >= 15 is 0 Å². The second-order valence-electron chi connectivity index (χ2n) is 8.89. The topological polar surface area (TPSA) is 85.6 Å². The first-order valence-corrected chi connectivity index (χ1v) is 10.8. The molecule has 0 aliphatic rings. The zero-order valence-electron chi connectivity index (χ0n) is 18.4. The smallest absolute Gasteiger partial charge is 0.266 e. The number of aryl methyl sites for hydroxylation is 2. The number of thiophene rings is 1. The molecule has 0 fully saturated rings. The van der Waals surface area contributed by atoms with Crippen LogP contribution in [0.2, 0.25) is 0 Å². The van der Waals surface area contributed by atoms with E-state index in [1.54, 1.807) is 12.4 Å². The Bertz CT molecular complexity index is 1280. The Kier molecular flexibility index (Phi) is 4.85. The zero-order chi connectivity index (χ0) is 21.8. The van der Waals surface area contributed by atoms with Crippen molar-refractivity contribution < 1.29 is 4.79 Å². The third-order valence-electron chi connectivity index (χ3n) is 5.03. The van der Waals surface area contributed by atoms with Gasteiger partial charge in [0.05, 0.1) is 28.7 Å². The van der Waals surface area contributed by atoms with Crippen molar-refractivity contribution in [1.82, 2.24) is 24.7 Å². The van der Waals surface area contributed by atoms with E-state index in [0.717, 1.165) is 38.3 Å². The number of hydrogen-bond donors (Lipinski definition) is 1. The van der Waals surface area contributed by atoms with Crippen LogP contribution in [0.25, 0.3) is 21.3 Å². The van der Waals surface area contributed by atoms with Crippen molar-refractivity contribution in [2.24, 2.45) is 0 Å². The average molecular weight is 423 g/mol. The molecule has 0 aliphatic carbocycles. The lowest BCUT2D eigenvalue weighted by atomic mass is 9.95.